The van der Waals surface area contributed by atoms with Crippen molar-refractivity contribution in [3.05, 3.63) is 0 Å². The van der Waals surface area contributed by atoms with Crippen molar-refractivity contribution in [3.8, 4) is 0 Å². The van der Waals surface area contributed by atoms with Gasteiger partial charge in [0.25, 0.3) is 0 Å². The Bertz CT molecular complexity index is 253. The van der Waals surface area contributed by atoms with Gasteiger partial charge in [0.1, 0.15) is 0 Å². The molecule has 3 aliphatic rings. The average Bonchev–Trinajstić information content (AvgIpc) is 2.58. The third kappa shape index (κ3) is 0.997. The van der Waals surface area contributed by atoms with Crippen LogP contribution in [0.25, 0.3) is 0 Å². The van der Waals surface area contributed by atoms with Gasteiger partial charge in [-0.1, -0.05) is 20.8 Å². The zero-order valence-corrected chi connectivity index (χ0v) is 9.82. The van der Waals surface area contributed by atoms with Gasteiger partial charge < -0.3 is 5.32 Å². The molecule has 1 saturated heterocycles. The Balaban J connectivity index is 1.95. The molecule has 3 fully saturated rings. The largest absolute Gasteiger partial charge is 0.310 e. The van der Waals surface area contributed by atoms with Crippen molar-refractivity contribution in [2.24, 2.45) is 16.7 Å². The van der Waals surface area contributed by atoms with Crippen LogP contribution in [0.5, 0.6) is 0 Å². The lowest BCUT2D eigenvalue weighted by molar-refractivity contribution is 0.0410. The van der Waals surface area contributed by atoms with Crippen LogP contribution in [-0.4, -0.2) is 12.1 Å². The van der Waals surface area contributed by atoms with Crippen molar-refractivity contribution in [3.63, 3.8) is 0 Å². The molecule has 2 aliphatic carbocycles. The second-order valence-electron chi connectivity index (χ2n) is 7.02. The Hall–Kier alpha value is -0.0400. The first-order chi connectivity index (χ1) is 6.49. The van der Waals surface area contributed by atoms with E-state index >= 15 is 0 Å². The highest BCUT2D eigenvalue weighted by atomic mass is 15.1. The van der Waals surface area contributed by atoms with E-state index in [2.05, 4.69) is 26.1 Å². The summed E-state index contributed by atoms with van der Waals surface area (Å²) in [6.07, 6.45) is 7.32. The van der Waals surface area contributed by atoms with Gasteiger partial charge in [0.15, 0.2) is 0 Å². The smallest absolute Gasteiger partial charge is 0.0220 e. The van der Waals surface area contributed by atoms with Gasteiger partial charge in [0, 0.05) is 12.1 Å². The SMILES string of the molecule is CC(C)(C)C1C2(CC2)CNC12CCC2. The predicted molar refractivity (Wildman–Crippen MR) is 59.2 cm³/mol. The van der Waals surface area contributed by atoms with Crippen molar-refractivity contribution in [2.75, 3.05) is 6.54 Å². The molecule has 14 heavy (non-hydrogen) atoms. The lowest BCUT2D eigenvalue weighted by atomic mass is 9.57. The van der Waals surface area contributed by atoms with Crippen LogP contribution in [0.1, 0.15) is 52.9 Å². The predicted octanol–water partition coefficient (Wildman–Crippen LogP) is 2.95. The fraction of sp³-hybridized carbons (Fsp3) is 1.00. The molecule has 1 heteroatoms. The van der Waals surface area contributed by atoms with E-state index in [0.29, 0.717) is 11.0 Å². The second-order valence-corrected chi connectivity index (χ2v) is 7.02. The Morgan fingerprint density at radius 3 is 2.07 bits per heavy atom. The maximum Gasteiger partial charge on any atom is 0.0220 e. The van der Waals surface area contributed by atoms with E-state index in [0.717, 1.165) is 11.3 Å². The molecule has 0 bridgehead atoms. The van der Waals surface area contributed by atoms with Gasteiger partial charge in [-0.05, 0) is 48.9 Å². The summed E-state index contributed by atoms with van der Waals surface area (Å²) in [4.78, 5) is 0. The molecule has 0 radical (unpaired) electrons. The monoisotopic (exact) mass is 193 g/mol. The molecule has 2 saturated carbocycles. The topological polar surface area (TPSA) is 12.0 Å². The first kappa shape index (κ1) is 9.21. The molecule has 2 spiro atoms. The molecule has 3 rings (SSSR count). The molecule has 80 valence electrons. The Labute approximate surface area is 87.7 Å². The molecule has 0 aromatic rings. The summed E-state index contributed by atoms with van der Waals surface area (Å²) in [5.74, 6) is 0.941. The van der Waals surface area contributed by atoms with Crippen LogP contribution < -0.4 is 5.32 Å². The molecule has 1 atom stereocenters. The summed E-state index contributed by atoms with van der Waals surface area (Å²) < 4.78 is 0. The Morgan fingerprint density at radius 1 is 1.07 bits per heavy atom. The van der Waals surface area contributed by atoms with Gasteiger partial charge in [-0.3, -0.25) is 0 Å². The molecular formula is C13H23N. The van der Waals surface area contributed by atoms with E-state index in [1.807, 2.05) is 0 Å². The first-order valence-corrected chi connectivity index (χ1v) is 6.24. The maximum absolute atomic E-state index is 3.88. The van der Waals surface area contributed by atoms with Gasteiger partial charge >= 0.3 is 0 Å². The normalized spacial score (nSPS) is 37.5. The quantitative estimate of drug-likeness (QED) is 0.623. The Kier molecular flexibility index (Phi) is 1.56. The van der Waals surface area contributed by atoms with Crippen LogP contribution in [0.15, 0.2) is 0 Å². The number of hydrogen-bond acceptors (Lipinski definition) is 1. The van der Waals surface area contributed by atoms with Crippen LogP contribution in [-0.2, 0) is 0 Å². The first-order valence-electron chi connectivity index (χ1n) is 6.24. The molecule has 1 aliphatic heterocycles. The van der Waals surface area contributed by atoms with Crippen LogP contribution in [0.4, 0.5) is 0 Å². The summed E-state index contributed by atoms with van der Waals surface area (Å²) in [6, 6.07) is 0. The highest BCUT2D eigenvalue weighted by molar-refractivity contribution is 5.20. The molecule has 1 unspecified atom stereocenters. The third-order valence-corrected chi connectivity index (χ3v) is 4.96. The van der Waals surface area contributed by atoms with Crippen LogP contribution in [0.2, 0.25) is 0 Å². The van der Waals surface area contributed by atoms with Crippen molar-refractivity contribution < 1.29 is 0 Å². The minimum atomic E-state index is 0.500. The van der Waals surface area contributed by atoms with Crippen LogP contribution in [0, 0.1) is 16.7 Å². The van der Waals surface area contributed by atoms with E-state index in [9.17, 15) is 0 Å². The molecule has 1 heterocycles. The van der Waals surface area contributed by atoms with Gasteiger partial charge in [-0.15, -0.1) is 0 Å². The van der Waals surface area contributed by atoms with E-state index in [4.69, 9.17) is 0 Å². The number of rotatable bonds is 0. The van der Waals surface area contributed by atoms with Gasteiger partial charge in [-0.25, -0.2) is 0 Å². The van der Waals surface area contributed by atoms with Crippen molar-refractivity contribution in [1.29, 1.82) is 0 Å². The number of nitrogens with one attached hydrogen (secondary N) is 1. The second kappa shape index (κ2) is 2.37. The zero-order chi connectivity index (χ0) is 10.0. The zero-order valence-electron chi connectivity index (χ0n) is 9.82. The molecular weight excluding hydrogens is 170 g/mol. The fourth-order valence-electron chi connectivity index (χ4n) is 4.54. The minimum Gasteiger partial charge on any atom is -0.310 e. The van der Waals surface area contributed by atoms with E-state index in [-0.39, 0.29) is 0 Å². The third-order valence-electron chi connectivity index (χ3n) is 4.96. The summed E-state index contributed by atoms with van der Waals surface area (Å²) >= 11 is 0. The van der Waals surface area contributed by atoms with E-state index < -0.39 is 0 Å². The van der Waals surface area contributed by atoms with Crippen molar-refractivity contribution in [1.82, 2.24) is 5.32 Å². The summed E-state index contributed by atoms with van der Waals surface area (Å²) in [6.45, 7) is 8.66. The maximum atomic E-state index is 3.88. The van der Waals surface area contributed by atoms with Gasteiger partial charge in [-0.2, -0.15) is 0 Å². The summed E-state index contributed by atoms with van der Waals surface area (Å²) in [7, 11) is 0. The molecule has 1 nitrogen and oxygen atoms in total. The minimum absolute atomic E-state index is 0.500. The number of hydrogen-bond donors (Lipinski definition) is 1. The average molecular weight is 193 g/mol. The lowest BCUT2D eigenvalue weighted by Gasteiger charge is -2.50. The summed E-state index contributed by atoms with van der Waals surface area (Å²) in [5.41, 5.74) is 1.79. The standard InChI is InChI=1S/C13H23N/c1-11(2,3)10-12(7-8-12)9-14-13(10)5-4-6-13/h10,14H,4-9H2,1-3H3. The molecule has 0 aromatic heterocycles. The van der Waals surface area contributed by atoms with E-state index in [1.165, 1.54) is 38.6 Å². The summed E-state index contributed by atoms with van der Waals surface area (Å²) in [5, 5.41) is 3.88. The highest BCUT2D eigenvalue weighted by Crippen LogP contribution is 2.67. The van der Waals surface area contributed by atoms with Crippen molar-refractivity contribution in [2.45, 2.75) is 58.4 Å². The van der Waals surface area contributed by atoms with Gasteiger partial charge in [0.2, 0.25) is 0 Å². The molecule has 1 N–H and O–H groups in total. The van der Waals surface area contributed by atoms with E-state index in [1.54, 1.807) is 0 Å². The van der Waals surface area contributed by atoms with Crippen LogP contribution >= 0.6 is 0 Å². The molecule has 0 aromatic carbocycles. The Morgan fingerprint density at radius 2 is 1.71 bits per heavy atom. The fourth-order valence-corrected chi connectivity index (χ4v) is 4.54. The van der Waals surface area contributed by atoms with Crippen LogP contribution in [0.3, 0.4) is 0 Å². The molecule has 0 amide bonds. The van der Waals surface area contributed by atoms with Gasteiger partial charge in [0.05, 0.1) is 0 Å². The lowest BCUT2D eigenvalue weighted by Crippen LogP contribution is -2.54. The van der Waals surface area contributed by atoms with Crippen molar-refractivity contribution >= 4 is 0 Å². The highest BCUT2D eigenvalue weighted by Gasteiger charge is 2.66.